The zero-order valence-corrected chi connectivity index (χ0v) is 11.6. The Kier molecular flexibility index (Phi) is 3.82. The second kappa shape index (κ2) is 5.36. The highest BCUT2D eigenvalue weighted by molar-refractivity contribution is 5.26. The quantitative estimate of drug-likeness (QED) is 0.894. The zero-order valence-electron chi connectivity index (χ0n) is 11.6. The molecule has 0 bridgehead atoms. The van der Waals surface area contributed by atoms with E-state index < -0.39 is 0 Å². The van der Waals surface area contributed by atoms with E-state index in [0.29, 0.717) is 0 Å². The van der Waals surface area contributed by atoms with E-state index in [1.165, 1.54) is 28.1 Å². The van der Waals surface area contributed by atoms with Crippen LogP contribution in [0.4, 0.5) is 0 Å². The van der Waals surface area contributed by atoms with Gasteiger partial charge in [0.1, 0.15) is 0 Å². The summed E-state index contributed by atoms with van der Waals surface area (Å²) in [7, 11) is 2.11. The van der Waals surface area contributed by atoms with Crippen LogP contribution in [0, 0.1) is 20.8 Å². The third-order valence-electron chi connectivity index (χ3n) is 3.66. The van der Waals surface area contributed by atoms with E-state index in [0.717, 1.165) is 13.1 Å². The van der Waals surface area contributed by atoms with Crippen LogP contribution in [0.25, 0.3) is 0 Å². The molecule has 0 atom stereocenters. The van der Waals surface area contributed by atoms with Crippen molar-refractivity contribution >= 4 is 0 Å². The Balaban J connectivity index is 1.97. The van der Waals surface area contributed by atoms with Crippen LogP contribution >= 0.6 is 0 Å². The minimum Gasteiger partial charge on any atom is -0.352 e. The van der Waals surface area contributed by atoms with Gasteiger partial charge < -0.3 is 9.88 Å². The molecule has 0 aliphatic heterocycles. The molecule has 0 saturated carbocycles. The summed E-state index contributed by atoms with van der Waals surface area (Å²) >= 11 is 0. The average Bonchev–Trinajstić information content (AvgIpc) is 2.60. The van der Waals surface area contributed by atoms with Crippen LogP contribution in [-0.2, 0) is 20.1 Å². The minimum absolute atomic E-state index is 0.868. The normalized spacial score (nSPS) is 10.9. The van der Waals surface area contributed by atoms with Crippen molar-refractivity contribution in [2.24, 2.45) is 7.05 Å². The Labute approximate surface area is 109 Å². The highest BCUT2D eigenvalue weighted by atomic mass is 15.0. The van der Waals surface area contributed by atoms with Crippen molar-refractivity contribution in [3.63, 3.8) is 0 Å². The van der Waals surface area contributed by atoms with Gasteiger partial charge in [0.2, 0.25) is 0 Å². The van der Waals surface area contributed by atoms with Gasteiger partial charge in [0, 0.05) is 43.9 Å². The number of hydrogen-bond acceptors (Lipinski definition) is 2. The molecule has 3 heteroatoms. The van der Waals surface area contributed by atoms with E-state index in [4.69, 9.17) is 0 Å². The first-order valence-electron chi connectivity index (χ1n) is 6.31. The smallest absolute Gasteiger partial charge is 0.0315 e. The van der Waals surface area contributed by atoms with Crippen molar-refractivity contribution in [3.05, 3.63) is 52.6 Å². The van der Waals surface area contributed by atoms with E-state index in [1.807, 2.05) is 12.4 Å². The number of nitrogens with zero attached hydrogens (tertiary/aromatic N) is 2. The van der Waals surface area contributed by atoms with Gasteiger partial charge in [0.15, 0.2) is 0 Å². The molecule has 0 fully saturated rings. The summed E-state index contributed by atoms with van der Waals surface area (Å²) in [6, 6.07) is 4.30. The molecular weight excluding hydrogens is 222 g/mol. The van der Waals surface area contributed by atoms with Crippen molar-refractivity contribution in [3.8, 4) is 0 Å². The van der Waals surface area contributed by atoms with Gasteiger partial charge in [0.05, 0.1) is 0 Å². The first-order valence-corrected chi connectivity index (χ1v) is 6.31. The van der Waals surface area contributed by atoms with Gasteiger partial charge in [-0.1, -0.05) is 0 Å². The van der Waals surface area contributed by atoms with Crippen molar-refractivity contribution in [1.29, 1.82) is 0 Å². The van der Waals surface area contributed by atoms with Gasteiger partial charge in [0.25, 0.3) is 0 Å². The van der Waals surface area contributed by atoms with Gasteiger partial charge in [-0.15, -0.1) is 0 Å². The molecule has 2 rings (SSSR count). The number of hydrogen-bond donors (Lipinski definition) is 1. The SMILES string of the molecule is Cc1ccncc1CNCc1cc(C)n(C)c1C. The highest BCUT2D eigenvalue weighted by Crippen LogP contribution is 2.13. The summed E-state index contributed by atoms with van der Waals surface area (Å²) in [6.07, 6.45) is 3.77. The summed E-state index contributed by atoms with van der Waals surface area (Å²) in [5, 5.41) is 3.49. The lowest BCUT2D eigenvalue weighted by atomic mass is 10.1. The molecule has 0 aliphatic rings. The number of rotatable bonds is 4. The van der Waals surface area contributed by atoms with E-state index in [9.17, 15) is 0 Å². The van der Waals surface area contributed by atoms with Crippen LogP contribution in [0.5, 0.6) is 0 Å². The van der Waals surface area contributed by atoms with Crippen LogP contribution < -0.4 is 5.32 Å². The van der Waals surface area contributed by atoms with E-state index in [-0.39, 0.29) is 0 Å². The first-order chi connectivity index (χ1) is 8.59. The van der Waals surface area contributed by atoms with Crippen LogP contribution in [0.3, 0.4) is 0 Å². The van der Waals surface area contributed by atoms with Gasteiger partial charge in [-0.3, -0.25) is 4.98 Å². The Bertz CT molecular complexity index is 541. The molecule has 0 radical (unpaired) electrons. The fraction of sp³-hybridized carbons (Fsp3) is 0.400. The minimum atomic E-state index is 0.868. The van der Waals surface area contributed by atoms with Crippen molar-refractivity contribution in [1.82, 2.24) is 14.9 Å². The molecule has 0 saturated heterocycles. The van der Waals surface area contributed by atoms with Crippen molar-refractivity contribution in [2.75, 3.05) is 0 Å². The fourth-order valence-corrected chi connectivity index (χ4v) is 2.13. The first kappa shape index (κ1) is 12.8. The molecule has 2 aromatic heterocycles. The predicted molar refractivity (Wildman–Crippen MR) is 74.4 cm³/mol. The van der Waals surface area contributed by atoms with Gasteiger partial charge in [-0.05, 0) is 49.6 Å². The van der Waals surface area contributed by atoms with Crippen LogP contribution in [-0.4, -0.2) is 9.55 Å². The Morgan fingerprint density at radius 3 is 2.50 bits per heavy atom. The van der Waals surface area contributed by atoms with Crippen molar-refractivity contribution in [2.45, 2.75) is 33.9 Å². The third kappa shape index (κ3) is 2.62. The number of pyridine rings is 1. The van der Waals surface area contributed by atoms with Gasteiger partial charge in [-0.2, -0.15) is 0 Å². The van der Waals surface area contributed by atoms with E-state index >= 15 is 0 Å². The highest BCUT2D eigenvalue weighted by Gasteiger charge is 2.05. The number of aryl methyl sites for hydroxylation is 2. The molecule has 96 valence electrons. The Morgan fingerprint density at radius 1 is 1.17 bits per heavy atom. The third-order valence-corrected chi connectivity index (χ3v) is 3.66. The van der Waals surface area contributed by atoms with Crippen LogP contribution in [0.1, 0.15) is 28.1 Å². The second-order valence-electron chi connectivity index (χ2n) is 4.86. The maximum Gasteiger partial charge on any atom is 0.0315 e. The van der Waals surface area contributed by atoms with Crippen molar-refractivity contribution < 1.29 is 0 Å². The molecule has 0 aromatic carbocycles. The maximum atomic E-state index is 4.16. The molecule has 3 nitrogen and oxygen atoms in total. The Hall–Kier alpha value is -1.61. The molecule has 0 spiro atoms. The lowest BCUT2D eigenvalue weighted by molar-refractivity contribution is 0.682. The van der Waals surface area contributed by atoms with Gasteiger partial charge in [-0.25, -0.2) is 0 Å². The molecule has 1 N–H and O–H groups in total. The molecule has 0 aliphatic carbocycles. The largest absolute Gasteiger partial charge is 0.352 e. The summed E-state index contributed by atoms with van der Waals surface area (Å²) < 4.78 is 2.23. The number of aromatic nitrogens is 2. The average molecular weight is 243 g/mol. The summed E-state index contributed by atoms with van der Waals surface area (Å²) in [5.74, 6) is 0. The lowest BCUT2D eigenvalue weighted by Gasteiger charge is -2.07. The predicted octanol–water partition coefficient (Wildman–Crippen LogP) is 2.64. The second-order valence-corrected chi connectivity index (χ2v) is 4.86. The van der Waals surface area contributed by atoms with Crippen LogP contribution in [0.15, 0.2) is 24.5 Å². The van der Waals surface area contributed by atoms with E-state index in [1.54, 1.807) is 0 Å². The number of nitrogens with one attached hydrogen (secondary N) is 1. The standard InChI is InChI=1S/C15H21N3/c1-11-5-6-16-9-15(11)10-17-8-14-7-12(2)18(4)13(14)3/h5-7,9,17H,8,10H2,1-4H3. The molecule has 0 unspecified atom stereocenters. The van der Waals surface area contributed by atoms with Crippen LogP contribution in [0.2, 0.25) is 0 Å². The summed E-state index contributed by atoms with van der Waals surface area (Å²) in [5.41, 5.74) is 6.57. The van der Waals surface area contributed by atoms with E-state index in [2.05, 4.69) is 54.8 Å². The Morgan fingerprint density at radius 2 is 1.89 bits per heavy atom. The molecule has 0 amide bonds. The molecule has 18 heavy (non-hydrogen) atoms. The topological polar surface area (TPSA) is 29.9 Å². The van der Waals surface area contributed by atoms with Gasteiger partial charge >= 0.3 is 0 Å². The maximum absolute atomic E-state index is 4.16. The summed E-state index contributed by atoms with van der Waals surface area (Å²) in [4.78, 5) is 4.16. The molecule has 2 aromatic rings. The fourth-order valence-electron chi connectivity index (χ4n) is 2.13. The lowest BCUT2D eigenvalue weighted by Crippen LogP contribution is -2.14. The summed E-state index contributed by atoms with van der Waals surface area (Å²) in [6.45, 7) is 8.20. The zero-order chi connectivity index (χ0) is 13.1. The molecule has 2 heterocycles. The monoisotopic (exact) mass is 243 g/mol. The molecular formula is C15H21N3.